The van der Waals surface area contributed by atoms with E-state index in [4.69, 9.17) is 0 Å². The summed E-state index contributed by atoms with van der Waals surface area (Å²) in [6, 6.07) is 0. The Labute approximate surface area is 110 Å². The van der Waals surface area contributed by atoms with Crippen molar-refractivity contribution in [3.8, 4) is 0 Å². The number of rotatable bonds is 4. The van der Waals surface area contributed by atoms with Crippen LogP contribution in [0.2, 0.25) is 0 Å². The zero-order chi connectivity index (χ0) is 12.8. The second kappa shape index (κ2) is 7.10. The molecule has 0 aromatic rings. The monoisotopic (exact) mass is 253 g/mol. The van der Waals surface area contributed by atoms with E-state index in [-0.39, 0.29) is 5.91 Å². The molecule has 2 aliphatic rings. The van der Waals surface area contributed by atoms with Crippen molar-refractivity contribution in [1.29, 1.82) is 0 Å². The fourth-order valence-electron chi connectivity index (χ4n) is 2.92. The average Bonchev–Trinajstić information content (AvgIpc) is 2.39. The number of hydrogen-bond acceptors (Lipinski definition) is 3. The van der Waals surface area contributed by atoms with Crippen molar-refractivity contribution in [2.45, 2.75) is 32.6 Å². The molecule has 1 aliphatic heterocycles. The second-order valence-corrected chi connectivity index (χ2v) is 5.96. The Hall–Kier alpha value is -0.610. The Morgan fingerprint density at radius 3 is 2.56 bits per heavy atom. The first-order valence-corrected chi connectivity index (χ1v) is 7.44. The highest BCUT2D eigenvalue weighted by atomic mass is 16.2. The van der Waals surface area contributed by atoms with Crippen LogP contribution in [-0.4, -0.2) is 50.1 Å². The van der Waals surface area contributed by atoms with Gasteiger partial charge < -0.3 is 10.6 Å². The number of carbonyl (C=O) groups excluding carboxylic acids is 1. The first-order valence-electron chi connectivity index (χ1n) is 7.44. The van der Waals surface area contributed by atoms with Crippen LogP contribution in [0.4, 0.5) is 0 Å². The van der Waals surface area contributed by atoms with Crippen LogP contribution in [0.15, 0.2) is 0 Å². The van der Waals surface area contributed by atoms with Crippen LogP contribution >= 0.6 is 0 Å². The summed E-state index contributed by atoms with van der Waals surface area (Å²) in [5.74, 6) is 1.81. The van der Waals surface area contributed by atoms with E-state index in [9.17, 15) is 4.79 Å². The molecule has 1 aliphatic carbocycles. The topological polar surface area (TPSA) is 44.4 Å². The van der Waals surface area contributed by atoms with Crippen LogP contribution < -0.4 is 10.6 Å². The highest BCUT2D eigenvalue weighted by Crippen LogP contribution is 2.27. The Morgan fingerprint density at radius 2 is 1.89 bits per heavy atom. The molecule has 0 spiro atoms. The van der Waals surface area contributed by atoms with E-state index >= 15 is 0 Å². The molecule has 0 atom stereocenters. The lowest BCUT2D eigenvalue weighted by Crippen LogP contribution is -2.48. The van der Waals surface area contributed by atoms with E-state index in [1.165, 1.54) is 25.7 Å². The lowest BCUT2D eigenvalue weighted by atomic mass is 9.83. The molecule has 0 unspecified atom stereocenters. The van der Waals surface area contributed by atoms with Crippen LogP contribution in [0.5, 0.6) is 0 Å². The molecule has 0 bridgehead atoms. The Kier molecular flexibility index (Phi) is 5.45. The lowest BCUT2D eigenvalue weighted by molar-refractivity contribution is -0.122. The first kappa shape index (κ1) is 13.8. The maximum absolute atomic E-state index is 11.8. The molecule has 0 radical (unpaired) electrons. The van der Waals surface area contributed by atoms with Crippen molar-refractivity contribution in [2.24, 2.45) is 11.8 Å². The average molecular weight is 253 g/mol. The fraction of sp³-hybridized carbons (Fsp3) is 0.929. The third-order valence-corrected chi connectivity index (χ3v) is 4.30. The van der Waals surface area contributed by atoms with Crippen molar-refractivity contribution < 1.29 is 4.79 Å². The standard InChI is InChI=1S/C14H27N3O/c1-12-2-4-13(5-3-12)10-16-14(18)11-17-8-6-15-7-9-17/h12-13,15H,2-11H2,1H3,(H,16,18). The van der Waals surface area contributed by atoms with Gasteiger partial charge in [0.05, 0.1) is 6.54 Å². The minimum Gasteiger partial charge on any atom is -0.355 e. The van der Waals surface area contributed by atoms with Crippen molar-refractivity contribution in [2.75, 3.05) is 39.3 Å². The number of amides is 1. The molecular formula is C14H27N3O. The third kappa shape index (κ3) is 4.58. The van der Waals surface area contributed by atoms with Crippen molar-refractivity contribution in [3.05, 3.63) is 0 Å². The Morgan fingerprint density at radius 1 is 1.22 bits per heavy atom. The summed E-state index contributed by atoms with van der Waals surface area (Å²) in [7, 11) is 0. The molecule has 1 saturated heterocycles. The number of nitrogens with one attached hydrogen (secondary N) is 2. The summed E-state index contributed by atoms with van der Waals surface area (Å²) in [6.07, 6.45) is 5.24. The lowest BCUT2D eigenvalue weighted by Gasteiger charge is -2.28. The molecule has 2 rings (SSSR count). The summed E-state index contributed by atoms with van der Waals surface area (Å²) in [5.41, 5.74) is 0. The minimum absolute atomic E-state index is 0.204. The predicted octanol–water partition coefficient (Wildman–Crippen LogP) is 0.834. The largest absolute Gasteiger partial charge is 0.355 e. The zero-order valence-corrected chi connectivity index (χ0v) is 11.6. The van der Waals surface area contributed by atoms with Gasteiger partial charge in [0, 0.05) is 32.7 Å². The van der Waals surface area contributed by atoms with E-state index in [1.807, 2.05) is 0 Å². The molecular weight excluding hydrogens is 226 g/mol. The Bertz CT molecular complexity index is 256. The maximum atomic E-state index is 11.8. The molecule has 18 heavy (non-hydrogen) atoms. The highest BCUT2D eigenvalue weighted by molar-refractivity contribution is 5.78. The molecule has 104 valence electrons. The fourth-order valence-corrected chi connectivity index (χ4v) is 2.92. The maximum Gasteiger partial charge on any atom is 0.234 e. The van der Waals surface area contributed by atoms with Gasteiger partial charge in [0.2, 0.25) is 5.91 Å². The van der Waals surface area contributed by atoms with Crippen LogP contribution in [0, 0.1) is 11.8 Å². The van der Waals surface area contributed by atoms with Crippen LogP contribution in [-0.2, 0) is 4.79 Å². The molecule has 2 fully saturated rings. The van der Waals surface area contributed by atoms with Crippen molar-refractivity contribution in [1.82, 2.24) is 15.5 Å². The summed E-state index contributed by atoms with van der Waals surface area (Å²) < 4.78 is 0. The summed E-state index contributed by atoms with van der Waals surface area (Å²) in [5, 5.41) is 6.42. The van der Waals surface area contributed by atoms with Crippen molar-refractivity contribution >= 4 is 5.91 Å². The smallest absolute Gasteiger partial charge is 0.234 e. The van der Waals surface area contributed by atoms with Crippen LogP contribution in [0.3, 0.4) is 0 Å². The zero-order valence-electron chi connectivity index (χ0n) is 11.6. The van der Waals surface area contributed by atoms with E-state index in [2.05, 4.69) is 22.5 Å². The molecule has 1 saturated carbocycles. The van der Waals surface area contributed by atoms with Crippen molar-refractivity contribution in [3.63, 3.8) is 0 Å². The molecule has 0 aromatic carbocycles. The van der Waals surface area contributed by atoms with Gasteiger partial charge in [-0.15, -0.1) is 0 Å². The second-order valence-electron chi connectivity index (χ2n) is 5.96. The summed E-state index contributed by atoms with van der Waals surface area (Å²) in [6.45, 7) is 7.80. The van der Waals surface area contributed by atoms with Gasteiger partial charge in [-0.25, -0.2) is 0 Å². The van der Waals surface area contributed by atoms with Gasteiger partial charge in [0.25, 0.3) is 0 Å². The van der Waals surface area contributed by atoms with Crippen LogP contribution in [0.1, 0.15) is 32.6 Å². The van der Waals surface area contributed by atoms with Gasteiger partial charge in [-0.1, -0.05) is 19.8 Å². The van der Waals surface area contributed by atoms with E-state index < -0.39 is 0 Å². The van der Waals surface area contributed by atoms with E-state index in [0.29, 0.717) is 12.5 Å². The quantitative estimate of drug-likeness (QED) is 0.780. The van der Waals surface area contributed by atoms with Gasteiger partial charge >= 0.3 is 0 Å². The SMILES string of the molecule is CC1CCC(CNC(=O)CN2CCNCC2)CC1. The van der Waals surface area contributed by atoms with Gasteiger partial charge in [0.1, 0.15) is 0 Å². The molecule has 0 aromatic heterocycles. The first-order chi connectivity index (χ1) is 8.74. The number of nitrogens with zero attached hydrogens (tertiary/aromatic N) is 1. The van der Waals surface area contributed by atoms with Gasteiger partial charge in [-0.05, 0) is 24.7 Å². The normalized spacial score (nSPS) is 30.1. The predicted molar refractivity (Wildman–Crippen MR) is 73.4 cm³/mol. The molecule has 1 heterocycles. The third-order valence-electron chi connectivity index (χ3n) is 4.30. The summed E-state index contributed by atoms with van der Waals surface area (Å²) in [4.78, 5) is 14.1. The molecule has 1 amide bonds. The Balaban J connectivity index is 1.59. The number of piperazine rings is 1. The van der Waals surface area contributed by atoms with Gasteiger partial charge in [0.15, 0.2) is 0 Å². The molecule has 4 heteroatoms. The van der Waals surface area contributed by atoms with Gasteiger partial charge in [-0.2, -0.15) is 0 Å². The van der Waals surface area contributed by atoms with Gasteiger partial charge in [-0.3, -0.25) is 9.69 Å². The molecule has 2 N–H and O–H groups in total. The summed E-state index contributed by atoms with van der Waals surface area (Å²) >= 11 is 0. The minimum atomic E-state index is 0.204. The number of hydrogen-bond donors (Lipinski definition) is 2. The van der Waals surface area contributed by atoms with E-state index in [0.717, 1.165) is 38.6 Å². The van der Waals surface area contributed by atoms with E-state index in [1.54, 1.807) is 0 Å². The van der Waals surface area contributed by atoms with Crippen LogP contribution in [0.25, 0.3) is 0 Å². The highest BCUT2D eigenvalue weighted by Gasteiger charge is 2.19. The molecule has 4 nitrogen and oxygen atoms in total. The number of carbonyl (C=O) groups is 1.